The maximum Gasteiger partial charge on any atom is 0.217 e. The molecule has 3 saturated carbocycles. The lowest BCUT2D eigenvalue weighted by Gasteiger charge is -2.56. The van der Waals surface area contributed by atoms with E-state index in [1.54, 1.807) is 5.57 Å². The van der Waals surface area contributed by atoms with Crippen LogP contribution in [-0.2, 0) is 4.79 Å². The fourth-order valence-electron chi connectivity index (χ4n) is 8.12. The second-order valence-electron chi connectivity index (χ2n) is 11.4. The minimum absolute atomic E-state index is 0.139. The summed E-state index contributed by atoms with van der Waals surface area (Å²) in [6.07, 6.45) is 12.2. The van der Waals surface area contributed by atoms with Crippen molar-refractivity contribution in [1.82, 2.24) is 0 Å². The van der Waals surface area contributed by atoms with Crippen LogP contribution in [0.1, 0.15) is 98.8 Å². The van der Waals surface area contributed by atoms with E-state index >= 15 is 0 Å². The van der Waals surface area contributed by atoms with Crippen molar-refractivity contribution in [2.24, 2.45) is 52.1 Å². The van der Waals surface area contributed by atoms with Gasteiger partial charge in [0.15, 0.2) is 0 Å². The molecule has 0 radical (unpaired) electrons. The minimum atomic E-state index is -0.139. The molecule has 2 heteroatoms. The van der Waals surface area contributed by atoms with Crippen molar-refractivity contribution in [3.8, 4) is 0 Å². The average molecular weight is 388 g/mol. The summed E-state index contributed by atoms with van der Waals surface area (Å²) in [7, 11) is 0. The molecule has 2 N–H and O–H groups in total. The zero-order valence-corrected chi connectivity index (χ0v) is 19.2. The lowest BCUT2D eigenvalue weighted by molar-refractivity contribution is -0.118. The van der Waals surface area contributed by atoms with Crippen LogP contribution < -0.4 is 5.73 Å². The number of carbonyl (C=O) groups excluding carboxylic acids is 1. The molecule has 3 rings (SSSR count). The molecular weight excluding hydrogens is 342 g/mol. The molecule has 0 bridgehead atoms. The highest BCUT2D eigenvalue weighted by Gasteiger charge is 2.57. The fraction of sp³-hybridized carbons (Fsp3) is 0.885. The van der Waals surface area contributed by atoms with E-state index in [0.717, 1.165) is 36.0 Å². The number of amides is 1. The number of allylic oxidation sites excluding steroid dienone is 1. The van der Waals surface area contributed by atoms with Crippen molar-refractivity contribution in [2.75, 3.05) is 0 Å². The summed E-state index contributed by atoms with van der Waals surface area (Å²) in [5.41, 5.74) is 7.79. The first kappa shape index (κ1) is 21.9. The standard InChI is InChI=1S/C26H45NO/c1-7-20-22-10-9-21(18(3)8-11-24(27)28)26(22,6)15-13-23(20)25(5)14-12-17(2)16-19(25)4/h17-18,20-23H,4,7-16H2,1-3,5-6H3,(H2,27,28)/t17-,18?,20+,21+,22-,23?,25-,26+/m0/s1. The first-order valence-electron chi connectivity index (χ1n) is 12.1. The molecular formula is C26H45NO. The molecule has 28 heavy (non-hydrogen) atoms. The van der Waals surface area contributed by atoms with E-state index in [1.165, 1.54) is 51.4 Å². The van der Waals surface area contributed by atoms with E-state index in [9.17, 15) is 4.79 Å². The van der Waals surface area contributed by atoms with Crippen LogP contribution in [0.25, 0.3) is 0 Å². The van der Waals surface area contributed by atoms with Crippen molar-refractivity contribution in [3.63, 3.8) is 0 Å². The molecule has 0 saturated heterocycles. The van der Waals surface area contributed by atoms with Gasteiger partial charge in [0.1, 0.15) is 0 Å². The monoisotopic (exact) mass is 387 g/mol. The molecule has 2 unspecified atom stereocenters. The molecule has 2 nitrogen and oxygen atoms in total. The van der Waals surface area contributed by atoms with Crippen LogP contribution in [-0.4, -0.2) is 5.91 Å². The molecule has 0 spiro atoms. The third-order valence-electron chi connectivity index (χ3n) is 9.89. The second kappa shape index (κ2) is 8.15. The van der Waals surface area contributed by atoms with Crippen molar-refractivity contribution in [3.05, 3.63) is 12.2 Å². The Labute approximate surface area is 174 Å². The van der Waals surface area contributed by atoms with Crippen LogP contribution in [0.2, 0.25) is 0 Å². The van der Waals surface area contributed by atoms with Gasteiger partial charge < -0.3 is 5.73 Å². The van der Waals surface area contributed by atoms with E-state index in [2.05, 4.69) is 41.2 Å². The number of rotatable bonds is 6. The maximum atomic E-state index is 11.3. The maximum absolute atomic E-state index is 11.3. The lowest BCUT2D eigenvalue weighted by Crippen LogP contribution is -2.48. The molecule has 1 amide bonds. The van der Waals surface area contributed by atoms with Crippen molar-refractivity contribution < 1.29 is 4.79 Å². The number of hydrogen-bond donors (Lipinski definition) is 1. The van der Waals surface area contributed by atoms with Gasteiger partial charge in [-0.25, -0.2) is 0 Å². The first-order chi connectivity index (χ1) is 13.1. The summed E-state index contributed by atoms with van der Waals surface area (Å²) in [6, 6.07) is 0. The van der Waals surface area contributed by atoms with Crippen molar-refractivity contribution in [1.29, 1.82) is 0 Å². The zero-order chi connectivity index (χ0) is 20.7. The molecule has 0 aliphatic heterocycles. The number of primary amides is 1. The van der Waals surface area contributed by atoms with Gasteiger partial charge in [-0.3, -0.25) is 4.79 Å². The summed E-state index contributed by atoms with van der Waals surface area (Å²) in [5.74, 6) is 4.54. The van der Waals surface area contributed by atoms with Crippen molar-refractivity contribution >= 4 is 5.91 Å². The zero-order valence-electron chi connectivity index (χ0n) is 19.2. The van der Waals surface area contributed by atoms with E-state index < -0.39 is 0 Å². The summed E-state index contributed by atoms with van der Waals surface area (Å²) >= 11 is 0. The summed E-state index contributed by atoms with van der Waals surface area (Å²) < 4.78 is 0. The van der Waals surface area contributed by atoms with Gasteiger partial charge in [-0.15, -0.1) is 0 Å². The number of carbonyl (C=O) groups is 1. The van der Waals surface area contributed by atoms with Gasteiger partial charge >= 0.3 is 0 Å². The molecule has 3 aliphatic rings. The summed E-state index contributed by atoms with van der Waals surface area (Å²) in [4.78, 5) is 11.3. The van der Waals surface area contributed by atoms with Gasteiger partial charge in [0.25, 0.3) is 0 Å². The highest BCUT2D eigenvalue weighted by molar-refractivity contribution is 5.73. The van der Waals surface area contributed by atoms with Crippen LogP contribution in [0.3, 0.4) is 0 Å². The largest absolute Gasteiger partial charge is 0.370 e. The Morgan fingerprint density at radius 2 is 1.89 bits per heavy atom. The quantitative estimate of drug-likeness (QED) is 0.504. The van der Waals surface area contributed by atoms with E-state index in [-0.39, 0.29) is 5.91 Å². The minimum Gasteiger partial charge on any atom is -0.370 e. The van der Waals surface area contributed by atoms with Crippen LogP contribution in [0, 0.1) is 46.3 Å². The fourth-order valence-corrected chi connectivity index (χ4v) is 8.12. The van der Waals surface area contributed by atoms with Crippen LogP contribution in [0.4, 0.5) is 0 Å². The van der Waals surface area contributed by atoms with Gasteiger partial charge in [-0.1, -0.05) is 53.2 Å². The predicted molar refractivity (Wildman–Crippen MR) is 119 cm³/mol. The van der Waals surface area contributed by atoms with E-state index in [0.29, 0.717) is 23.2 Å². The number of hydrogen-bond acceptors (Lipinski definition) is 1. The van der Waals surface area contributed by atoms with Crippen LogP contribution in [0.5, 0.6) is 0 Å². The summed E-state index contributed by atoms with van der Waals surface area (Å²) in [6.45, 7) is 17.0. The first-order valence-corrected chi connectivity index (χ1v) is 12.1. The highest BCUT2D eigenvalue weighted by Crippen LogP contribution is 2.65. The number of fused-ring (bicyclic) bond motifs is 1. The molecule has 3 aliphatic carbocycles. The molecule has 8 atom stereocenters. The molecule has 160 valence electrons. The highest BCUT2D eigenvalue weighted by atomic mass is 16.1. The normalized spacial score (nSPS) is 44.9. The Morgan fingerprint density at radius 1 is 1.18 bits per heavy atom. The van der Waals surface area contributed by atoms with Crippen LogP contribution >= 0.6 is 0 Å². The second-order valence-corrected chi connectivity index (χ2v) is 11.4. The third kappa shape index (κ3) is 3.70. The van der Waals surface area contributed by atoms with Crippen LogP contribution in [0.15, 0.2) is 12.2 Å². The Bertz CT molecular complexity index is 597. The molecule has 0 heterocycles. The molecule has 3 fully saturated rings. The number of nitrogens with two attached hydrogens (primary N) is 1. The van der Waals surface area contributed by atoms with Gasteiger partial charge in [-0.05, 0) is 97.7 Å². The smallest absolute Gasteiger partial charge is 0.217 e. The Kier molecular flexibility index (Phi) is 6.38. The molecule has 0 aromatic rings. The Balaban J connectivity index is 1.79. The average Bonchev–Trinajstić information content (AvgIpc) is 2.99. The van der Waals surface area contributed by atoms with Gasteiger partial charge in [0.2, 0.25) is 5.91 Å². The van der Waals surface area contributed by atoms with Gasteiger partial charge in [0.05, 0.1) is 0 Å². The topological polar surface area (TPSA) is 43.1 Å². The van der Waals surface area contributed by atoms with Gasteiger partial charge in [-0.2, -0.15) is 0 Å². The Hall–Kier alpha value is -0.790. The molecule has 0 aromatic carbocycles. The predicted octanol–water partition coefficient (Wildman–Crippen LogP) is 6.74. The van der Waals surface area contributed by atoms with E-state index in [1.807, 2.05) is 0 Å². The van der Waals surface area contributed by atoms with Gasteiger partial charge in [0, 0.05) is 6.42 Å². The molecule has 0 aromatic heterocycles. The SMILES string of the molecule is C=C1C[C@@H](C)CC[C@]1(C)C1CC[C@]2(C)[C@@H](C(C)CCC(N)=O)CC[C@H]2[C@H]1CC. The third-order valence-corrected chi connectivity index (χ3v) is 9.89. The lowest BCUT2D eigenvalue weighted by atomic mass is 9.49. The Morgan fingerprint density at radius 3 is 2.50 bits per heavy atom. The summed E-state index contributed by atoms with van der Waals surface area (Å²) in [5, 5.41) is 0. The van der Waals surface area contributed by atoms with E-state index in [4.69, 9.17) is 5.73 Å². The van der Waals surface area contributed by atoms with Crippen molar-refractivity contribution in [2.45, 2.75) is 98.8 Å².